The normalized spacial score (nSPS) is 45.1. The molecular formula is C23H34O4S. The van der Waals surface area contributed by atoms with Crippen LogP contribution < -0.4 is 0 Å². The van der Waals surface area contributed by atoms with Crippen molar-refractivity contribution in [3.05, 3.63) is 11.6 Å². The van der Waals surface area contributed by atoms with E-state index in [2.05, 4.69) is 13.8 Å². The van der Waals surface area contributed by atoms with Gasteiger partial charge in [-0.2, -0.15) is 11.8 Å². The molecule has 0 amide bonds. The molecule has 2 N–H and O–H groups in total. The molecule has 28 heavy (non-hydrogen) atoms. The fourth-order valence-corrected chi connectivity index (χ4v) is 8.08. The first-order valence-corrected chi connectivity index (χ1v) is 12.1. The van der Waals surface area contributed by atoms with Crippen LogP contribution in [0, 0.1) is 28.6 Å². The molecular weight excluding hydrogens is 372 g/mol. The molecule has 0 saturated heterocycles. The standard InChI is InChI=1S/C23H34O4S/c1-21-8-5-16(25)13-15(21)3-4-17-18(21)6-9-22(2)19(17)7-10-23(22,27)20(26)14-28-12-11-24/h13,17-19,24,27H,3-12,14H2,1-2H3. The van der Waals surface area contributed by atoms with Crippen molar-refractivity contribution in [2.45, 2.75) is 70.8 Å². The van der Waals surface area contributed by atoms with Crippen LogP contribution in [0.5, 0.6) is 0 Å². The lowest BCUT2D eigenvalue weighted by Gasteiger charge is -2.58. The maximum atomic E-state index is 13.0. The Labute approximate surface area is 172 Å². The number of Topliss-reactive ketones (excluding diaryl/α,β-unsaturated/α-hetero) is 1. The fourth-order valence-electron chi connectivity index (χ4n) is 7.38. The number of carbonyl (C=O) groups excluding carboxylic acids is 2. The number of allylic oxidation sites excluding steroid dienone is 1. The van der Waals surface area contributed by atoms with Crippen molar-refractivity contribution in [2.75, 3.05) is 18.1 Å². The minimum Gasteiger partial charge on any atom is -0.396 e. The second-order valence-corrected chi connectivity index (χ2v) is 11.1. The number of hydrogen-bond donors (Lipinski definition) is 2. The van der Waals surface area contributed by atoms with Crippen molar-refractivity contribution in [1.29, 1.82) is 0 Å². The molecule has 3 saturated carbocycles. The summed E-state index contributed by atoms with van der Waals surface area (Å²) in [6.07, 6.45) is 9.07. The van der Waals surface area contributed by atoms with E-state index in [1.54, 1.807) is 0 Å². The highest BCUT2D eigenvalue weighted by molar-refractivity contribution is 7.99. The molecule has 0 bridgehead atoms. The number of hydrogen-bond acceptors (Lipinski definition) is 5. The van der Waals surface area contributed by atoms with E-state index < -0.39 is 5.60 Å². The molecule has 156 valence electrons. The quantitative estimate of drug-likeness (QED) is 0.683. The van der Waals surface area contributed by atoms with E-state index in [4.69, 9.17) is 5.11 Å². The lowest BCUT2D eigenvalue weighted by molar-refractivity contribution is -0.159. The number of ketones is 2. The van der Waals surface area contributed by atoms with Crippen molar-refractivity contribution < 1.29 is 19.8 Å². The molecule has 4 aliphatic carbocycles. The highest BCUT2D eigenvalue weighted by atomic mass is 32.2. The lowest BCUT2D eigenvalue weighted by Crippen LogP contribution is -2.58. The van der Waals surface area contributed by atoms with Crippen molar-refractivity contribution in [3.8, 4) is 0 Å². The number of thioether (sulfide) groups is 1. The van der Waals surface area contributed by atoms with E-state index in [9.17, 15) is 14.7 Å². The van der Waals surface area contributed by atoms with Crippen molar-refractivity contribution in [1.82, 2.24) is 0 Å². The summed E-state index contributed by atoms with van der Waals surface area (Å²) in [4.78, 5) is 24.9. The predicted octanol–water partition coefficient (Wildman–Crippen LogP) is 3.54. The van der Waals surface area contributed by atoms with Crippen molar-refractivity contribution in [2.24, 2.45) is 28.6 Å². The third kappa shape index (κ3) is 2.87. The molecule has 0 spiro atoms. The summed E-state index contributed by atoms with van der Waals surface area (Å²) in [5, 5.41) is 20.5. The monoisotopic (exact) mass is 406 g/mol. The van der Waals surface area contributed by atoms with Crippen LogP contribution in [0.25, 0.3) is 0 Å². The number of fused-ring (bicyclic) bond motifs is 5. The van der Waals surface area contributed by atoms with Crippen LogP contribution in [-0.2, 0) is 9.59 Å². The Balaban J connectivity index is 1.58. The summed E-state index contributed by atoms with van der Waals surface area (Å²) < 4.78 is 0. The van der Waals surface area contributed by atoms with E-state index in [1.165, 1.54) is 17.3 Å². The third-order valence-corrected chi connectivity index (χ3v) is 9.98. The van der Waals surface area contributed by atoms with Gasteiger partial charge in [0.1, 0.15) is 5.60 Å². The molecule has 5 heteroatoms. The number of carbonyl (C=O) groups is 2. The molecule has 0 aromatic rings. The van der Waals surface area contributed by atoms with Gasteiger partial charge in [-0.3, -0.25) is 9.59 Å². The van der Waals surface area contributed by atoms with Gasteiger partial charge in [0.05, 0.1) is 12.4 Å². The van der Waals surface area contributed by atoms with E-state index in [0.29, 0.717) is 42.1 Å². The van der Waals surface area contributed by atoms with Crippen molar-refractivity contribution >= 4 is 23.3 Å². The summed E-state index contributed by atoms with van der Waals surface area (Å²) >= 11 is 1.42. The van der Waals surface area contributed by atoms with Gasteiger partial charge in [0, 0.05) is 17.6 Å². The molecule has 0 aromatic heterocycles. The number of aliphatic hydroxyl groups excluding tert-OH is 1. The van der Waals surface area contributed by atoms with Gasteiger partial charge < -0.3 is 10.2 Å². The van der Waals surface area contributed by atoms with Crippen LogP contribution >= 0.6 is 11.8 Å². The zero-order valence-electron chi connectivity index (χ0n) is 17.2. The molecule has 6 unspecified atom stereocenters. The highest BCUT2D eigenvalue weighted by Gasteiger charge is 2.65. The van der Waals surface area contributed by atoms with Gasteiger partial charge in [0.2, 0.25) is 0 Å². The summed E-state index contributed by atoms with van der Waals surface area (Å²) in [5.74, 6) is 2.58. The summed E-state index contributed by atoms with van der Waals surface area (Å²) in [7, 11) is 0. The Morgan fingerprint density at radius 1 is 1.14 bits per heavy atom. The van der Waals surface area contributed by atoms with Gasteiger partial charge in [-0.25, -0.2) is 0 Å². The molecule has 0 heterocycles. The fraction of sp³-hybridized carbons (Fsp3) is 0.826. The summed E-state index contributed by atoms with van der Waals surface area (Å²) in [6.45, 7) is 4.59. The number of rotatable bonds is 5. The maximum Gasteiger partial charge on any atom is 0.174 e. The molecule has 4 rings (SSSR count). The van der Waals surface area contributed by atoms with Gasteiger partial charge in [0.15, 0.2) is 11.6 Å². The average molecular weight is 407 g/mol. The van der Waals surface area contributed by atoms with E-state index >= 15 is 0 Å². The largest absolute Gasteiger partial charge is 0.396 e. The number of aliphatic hydroxyl groups is 2. The zero-order chi connectivity index (χ0) is 20.2. The third-order valence-electron chi connectivity index (χ3n) is 9.04. The first-order chi connectivity index (χ1) is 13.3. The first kappa shape index (κ1) is 20.6. The van der Waals surface area contributed by atoms with Gasteiger partial charge in [0.25, 0.3) is 0 Å². The van der Waals surface area contributed by atoms with Crippen LogP contribution in [0.1, 0.15) is 65.2 Å². The zero-order valence-corrected chi connectivity index (χ0v) is 18.0. The predicted molar refractivity (Wildman–Crippen MR) is 111 cm³/mol. The van der Waals surface area contributed by atoms with Crippen molar-refractivity contribution in [3.63, 3.8) is 0 Å². The minimum atomic E-state index is -1.22. The molecule has 0 aromatic carbocycles. The Bertz CT molecular complexity index is 703. The second-order valence-electron chi connectivity index (χ2n) is 10.0. The van der Waals surface area contributed by atoms with Crippen LogP contribution in [0.3, 0.4) is 0 Å². The lowest BCUT2D eigenvalue weighted by atomic mass is 9.46. The molecule has 4 aliphatic rings. The average Bonchev–Trinajstić information content (AvgIpc) is 2.95. The Hall–Kier alpha value is -0.650. The van der Waals surface area contributed by atoms with Crippen LogP contribution in [0.15, 0.2) is 11.6 Å². The topological polar surface area (TPSA) is 74.6 Å². The molecule has 6 atom stereocenters. The second kappa shape index (κ2) is 7.24. The Kier molecular flexibility index (Phi) is 5.33. The first-order valence-electron chi connectivity index (χ1n) is 10.9. The van der Waals surface area contributed by atoms with E-state index in [1.807, 2.05) is 6.08 Å². The van der Waals surface area contributed by atoms with Gasteiger partial charge in [-0.15, -0.1) is 0 Å². The Morgan fingerprint density at radius 2 is 1.89 bits per heavy atom. The summed E-state index contributed by atoms with van der Waals surface area (Å²) in [5.41, 5.74) is -0.0734. The van der Waals surface area contributed by atoms with E-state index in [-0.39, 0.29) is 29.0 Å². The minimum absolute atomic E-state index is 0.0414. The van der Waals surface area contributed by atoms with Crippen LogP contribution in [0.4, 0.5) is 0 Å². The smallest absolute Gasteiger partial charge is 0.174 e. The molecule has 3 fully saturated rings. The van der Waals surface area contributed by atoms with Crippen LogP contribution in [0.2, 0.25) is 0 Å². The Morgan fingerprint density at radius 3 is 2.64 bits per heavy atom. The summed E-state index contributed by atoms with van der Waals surface area (Å²) in [6, 6.07) is 0. The van der Waals surface area contributed by atoms with Gasteiger partial charge >= 0.3 is 0 Å². The van der Waals surface area contributed by atoms with Crippen LogP contribution in [-0.4, -0.2) is 45.5 Å². The molecule has 0 aliphatic heterocycles. The maximum absolute atomic E-state index is 13.0. The van der Waals surface area contributed by atoms with E-state index in [0.717, 1.165) is 38.5 Å². The highest BCUT2D eigenvalue weighted by Crippen LogP contribution is 2.67. The van der Waals surface area contributed by atoms with Gasteiger partial charge in [-0.05, 0) is 74.2 Å². The molecule has 4 nitrogen and oxygen atoms in total. The SMILES string of the molecule is CC12CCC(=O)C=C1CCC1C2CCC2(C)C1CCC2(O)C(=O)CSCCO. The van der Waals surface area contributed by atoms with Gasteiger partial charge in [-0.1, -0.05) is 19.4 Å². The molecule has 0 radical (unpaired) electrons.